The normalized spacial score (nSPS) is 18.1. The van der Waals surface area contributed by atoms with E-state index in [9.17, 15) is 0 Å². The monoisotopic (exact) mass is 235 g/mol. The molecular formula is C13H17NOS. The molecule has 3 heteroatoms. The molecule has 0 unspecified atom stereocenters. The summed E-state index contributed by atoms with van der Waals surface area (Å²) in [4.78, 5) is 5.34. The van der Waals surface area contributed by atoms with Gasteiger partial charge in [-0.05, 0) is 31.9 Å². The van der Waals surface area contributed by atoms with Gasteiger partial charge in [-0.1, -0.05) is 29.4 Å². The van der Waals surface area contributed by atoms with E-state index in [1.165, 1.54) is 11.1 Å². The summed E-state index contributed by atoms with van der Waals surface area (Å²) < 4.78 is 0. The second-order valence-corrected chi connectivity index (χ2v) is 5.78. The predicted molar refractivity (Wildman–Crippen MR) is 69.7 cm³/mol. The van der Waals surface area contributed by atoms with E-state index in [2.05, 4.69) is 50.2 Å². The van der Waals surface area contributed by atoms with Crippen molar-refractivity contribution in [3.63, 3.8) is 0 Å². The van der Waals surface area contributed by atoms with Crippen molar-refractivity contribution in [3.05, 3.63) is 35.4 Å². The van der Waals surface area contributed by atoms with Crippen molar-refractivity contribution >= 4 is 16.8 Å². The van der Waals surface area contributed by atoms with Gasteiger partial charge in [-0.2, -0.15) is 0 Å². The summed E-state index contributed by atoms with van der Waals surface area (Å²) in [6, 6.07) is 8.47. The maximum Gasteiger partial charge on any atom is 0.138 e. The molecule has 0 saturated carbocycles. The van der Waals surface area contributed by atoms with Gasteiger partial charge in [-0.15, -0.1) is 11.8 Å². The zero-order valence-electron chi connectivity index (χ0n) is 9.99. The lowest BCUT2D eigenvalue weighted by Crippen LogP contribution is -2.18. The Morgan fingerprint density at radius 1 is 1.38 bits per heavy atom. The molecule has 0 saturated heterocycles. The summed E-state index contributed by atoms with van der Waals surface area (Å²) in [6.07, 6.45) is 0.920. The molecule has 0 aliphatic carbocycles. The topological polar surface area (TPSA) is 21.6 Å². The number of hydrogen-bond donors (Lipinski definition) is 0. The molecule has 1 aromatic carbocycles. The molecule has 0 bridgehead atoms. The zero-order chi connectivity index (χ0) is 11.6. The number of rotatable bonds is 2. The van der Waals surface area contributed by atoms with Crippen LogP contribution in [0.5, 0.6) is 0 Å². The van der Waals surface area contributed by atoms with Gasteiger partial charge in [-0.25, -0.2) is 0 Å². The summed E-state index contributed by atoms with van der Waals surface area (Å²) in [6.45, 7) is 6.28. The maximum absolute atomic E-state index is 5.34. The first-order valence-corrected chi connectivity index (χ1v) is 6.48. The van der Waals surface area contributed by atoms with Crippen LogP contribution in [0, 0.1) is 6.92 Å². The highest BCUT2D eigenvalue weighted by atomic mass is 32.2. The fraction of sp³-hybridized carbons (Fsp3) is 0.462. The second kappa shape index (κ2) is 4.50. The molecular weight excluding hydrogens is 218 g/mol. The van der Waals surface area contributed by atoms with Crippen LogP contribution in [0.2, 0.25) is 0 Å². The Kier molecular flexibility index (Phi) is 3.24. The Bertz CT molecular complexity index is 412. The molecule has 0 amide bonds. The third kappa shape index (κ3) is 2.79. The van der Waals surface area contributed by atoms with Crippen LogP contribution in [0.4, 0.5) is 0 Å². The van der Waals surface area contributed by atoms with E-state index in [1.54, 1.807) is 11.8 Å². The minimum absolute atomic E-state index is 0.117. The van der Waals surface area contributed by atoms with Gasteiger partial charge in [0, 0.05) is 12.2 Å². The van der Waals surface area contributed by atoms with Crippen molar-refractivity contribution in [2.75, 3.05) is 0 Å². The number of nitrogens with zero attached hydrogens (tertiary/aromatic N) is 1. The summed E-state index contributed by atoms with van der Waals surface area (Å²) in [5.41, 5.74) is 2.60. The molecule has 0 aromatic heterocycles. The molecule has 0 fully saturated rings. The van der Waals surface area contributed by atoms with Gasteiger partial charge in [0.15, 0.2) is 0 Å². The predicted octanol–water partition coefficient (Wildman–Crippen LogP) is 3.74. The van der Waals surface area contributed by atoms with E-state index >= 15 is 0 Å². The summed E-state index contributed by atoms with van der Waals surface area (Å²) in [5, 5.41) is 5.22. The molecule has 1 aliphatic rings. The van der Waals surface area contributed by atoms with Gasteiger partial charge in [0.25, 0.3) is 0 Å². The van der Waals surface area contributed by atoms with E-state index in [-0.39, 0.29) is 5.60 Å². The zero-order valence-corrected chi connectivity index (χ0v) is 10.8. The van der Waals surface area contributed by atoms with Crippen LogP contribution < -0.4 is 0 Å². The molecule has 86 valence electrons. The molecule has 2 rings (SSSR count). The smallest absolute Gasteiger partial charge is 0.138 e. The summed E-state index contributed by atoms with van der Waals surface area (Å²) >= 11 is 1.78. The molecule has 16 heavy (non-hydrogen) atoms. The molecule has 0 spiro atoms. The molecule has 1 aliphatic heterocycles. The Morgan fingerprint density at radius 3 is 2.75 bits per heavy atom. The highest BCUT2D eigenvalue weighted by molar-refractivity contribution is 8.13. The third-order valence-corrected chi connectivity index (χ3v) is 3.63. The average Bonchev–Trinajstić information content (AvgIpc) is 2.57. The molecule has 1 heterocycles. The van der Waals surface area contributed by atoms with E-state index in [1.807, 2.05) is 0 Å². The van der Waals surface area contributed by atoms with Crippen LogP contribution in [0.3, 0.4) is 0 Å². The van der Waals surface area contributed by atoms with Crippen molar-refractivity contribution in [3.8, 4) is 0 Å². The van der Waals surface area contributed by atoms with Crippen molar-refractivity contribution in [1.29, 1.82) is 0 Å². The highest BCUT2D eigenvalue weighted by Gasteiger charge is 2.28. The first kappa shape index (κ1) is 11.5. The molecule has 0 N–H and O–H groups in total. The first-order chi connectivity index (χ1) is 7.57. The summed E-state index contributed by atoms with van der Waals surface area (Å²) in [5.74, 6) is 0.977. The van der Waals surface area contributed by atoms with E-state index in [0.717, 1.165) is 17.2 Å². The number of aryl methyl sites for hydroxylation is 1. The van der Waals surface area contributed by atoms with Gasteiger partial charge >= 0.3 is 0 Å². The Balaban J connectivity index is 1.92. The first-order valence-electron chi connectivity index (χ1n) is 5.49. The molecule has 2 nitrogen and oxygen atoms in total. The third-order valence-electron chi connectivity index (χ3n) is 2.63. The number of benzene rings is 1. The molecule has 1 aromatic rings. The van der Waals surface area contributed by atoms with Crippen LogP contribution in [-0.2, 0) is 10.6 Å². The molecule has 0 radical (unpaired) electrons. The SMILES string of the molecule is Cc1ccccc1CSC1=NOC(C)(C)C1. The fourth-order valence-corrected chi connectivity index (χ4v) is 2.80. The fourth-order valence-electron chi connectivity index (χ4n) is 1.61. The number of thioether (sulfide) groups is 1. The highest BCUT2D eigenvalue weighted by Crippen LogP contribution is 2.29. The Hall–Kier alpha value is -0.960. The van der Waals surface area contributed by atoms with Crippen molar-refractivity contribution in [2.45, 2.75) is 38.5 Å². The van der Waals surface area contributed by atoms with E-state index < -0.39 is 0 Å². The number of oxime groups is 1. The van der Waals surface area contributed by atoms with Gasteiger partial charge in [-0.3, -0.25) is 0 Å². The van der Waals surface area contributed by atoms with E-state index in [4.69, 9.17) is 4.84 Å². The average molecular weight is 235 g/mol. The quantitative estimate of drug-likeness (QED) is 0.778. The lowest BCUT2D eigenvalue weighted by atomic mass is 10.1. The maximum atomic E-state index is 5.34. The summed E-state index contributed by atoms with van der Waals surface area (Å²) in [7, 11) is 0. The van der Waals surface area contributed by atoms with Gasteiger partial charge < -0.3 is 4.84 Å². The van der Waals surface area contributed by atoms with Crippen LogP contribution in [0.1, 0.15) is 31.4 Å². The van der Waals surface area contributed by atoms with Crippen LogP contribution >= 0.6 is 11.8 Å². The lowest BCUT2D eigenvalue weighted by Gasteiger charge is -2.13. The lowest BCUT2D eigenvalue weighted by molar-refractivity contribution is 0.0123. The van der Waals surface area contributed by atoms with Crippen molar-refractivity contribution < 1.29 is 4.84 Å². The van der Waals surface area contributed by atoms with Crippen LogP contribution in [0.25, 0.3) is 0 Å². The van der Waals surface area contributed by atoms with Gasteiger partial charge in [0.2, 0.25) is 0 Å². The standard InChI is InChI=1S/C13H17NOS/c1-10-6-4-5-7-11(10)9-16-12-8-13(2,3)15-14-12/h4-7H,8-9H2,1-3H3. The Morgan fingerprint density at radius 2 is 2.12 bits per heavy atom. The molecule has 0 atom stereocenters. The second-order valence-electron chi connectivity index (χ2n) is 4.73. The minimum Gasteiger partial charge on any atom is -0.389 e. The minimum atomic E-state index is -0.117. The van der Waals surface area contributed by atoms with Gasteiger partial charge in [0.05, 0.1) is 0 Å². The van der Waals surface area contributed by atoms with Gasteiger partial charge in [0.1, 0.15) is 10.6 Å². The van der Waals surface area contributed by atoms with Crippen LogP contribution in [-0.4, -0.2) is 10.6 Å². The largest absolute Gasteiger partial charge is 0.389 e. The van der Waals surface area contributed by atoms with Crippen molar-refractivity contribution in [2.24, 2.45) is 5.16 Å². The number of hydrogen-bond acceptors (Lipinski definition) is 3. The van der Waals surface area contributed by atoms with E-state index in [0.29, 0.717) is 0 Å². The van der Waals surface area contributed by atoms with Crippen LogP contribution in [0.15, 0.2) is 29.4 Å². The van der Waals surface area contributed by atoms with Crippen molar-refractivity contribution in [1.82, 2.24) is 0 Å². The Labute approximate surface area is 101 Å².